The third-order valence-corrected chi connectivity index (χ3v) is 10.9. The third kappa shape index (κ3) is 5.20. The summed E-state index contributed by atoms with van der Waals surface area (Å²) in [5, 5.41) is 4.77. The fourth-order valence-corrected chi connectivity index (χ4v) is 8.60. The van der Waals surface area contributed by atoms with E-state index in [2.05, 4.69) is 192 Å². The van der Waals surface area contributed by atoms with Gasteiger partial charge in [0.15, 0.2) is 0 Å². The molecule has 0 saturated heterocycles. The van der Waals surface area contributed by atoms with Crippen LogP contribution in [0.1, 0.15) is 0 Å². The third-order valence-electron chi connectivity index (χ3n) is 9.82. The molecular weight excluding hydrogens is 653 g/mol. The number of thiophene rings is 1. The van der Waals surface area contributed by atoms with Crippen LogP contribution in [0.4, 0.5) is 34.1 Å². The Morgan fingerprint density at radius 3 is 1.58 bits per heavy atom. The van der Waals surface area contributed by atoms with Crippen molar-refractivity contribution < 1.29 is 4.42 Å². The van der Waals surface area contributed by atoms with Gasteiger partial charge in [-0.1, -0.05) is 103 Å². The van der Waals surface area contributed by atoms with Crippen molar-refractivity contribution in [1.82, 2.24) is 0 Å². The van der Waals surface area contributed by atoms with Crippen LogP contribution in [0.25, 0.3) is 53.2 Å². The van der Waals surface area contributed by atoms with Crippen LogP contribution in [0.15, 0.2) is 199 Å². The van der Waals surface area contributed by atoms with Crippen molar-refractivity contribution in [2.75, 3.05) is 9.80 Å². The lowest BCUT2D eigenvalue weighted by atomic mass is 10.00. The molecule has 0 aliphatic carbocycles. The Bertz CT molecular complexity index is 2800. The molecule has 0 N–H and O–H groups in total. The van der Waals surface area contributed by atoms with Gasteiger partial charge >= 0.3 is 0 Å². The number of anilines is 6. The average molecular weight is 685 g/mol. The molecule has 0 fully saturated rings. The molecule has 3 nitrogen and oxygen atoms in total. The monoisotopic (exact) mass is 684 g/mol. The van der Waals surface area contributed by atoms with Crippen molar-refractivity contribution in [3.8, 4) is 11.1 Å². The molecule has 52 heavy (non-hydrogen) atoms. The van der Waals surface area contributed by atoms with E-state index in [-0.39, 0.29) is 0 Å². The van der Waals surface area contributed by atoms with Crippen LogP contribution in [-0.4, -0.2) is 0 Å². The fraction of sp³-hybridized carbons (Fsp3) is 0. The first kappa shape index (κ1) is 30.2. The smallest absolute Gasteiger partial charge is 0.135 e. The zero-order valence-corrected chi connectivity index (χ0v) is 29.0. The van der Waals surface area contributed by atoms with Crippen molar-refractivity contribution in [3.05, 3.63) is 194 Å². The van der Waals surface area contributed by atoms with Gasteiger partial charge in [-0.25, -0.2) is 0 Å². The van der Waals surface area contributed by atoms with Gasteiger partial charge in [0, 0.05) is 59.4 Å². The van der Waals surface area contributed by atoms with Gasteiger partial charge in [0.05, 0.1) is 5.69 Å². The average Bonchev–Trinajstić information content (AvgIpc) is 3.78. The van der Waals surface area contributed by atoms with Crippen LogP contribution in [0.5, 0.6) is 0 Å². The second-order valence-corrected chi connectivity index (χ2v) is 14.1. The van der Waals surface area contributed by atoms with Gasteiger partial charge < -0.3 is 14.2 Å². The standard InChI is InChI=1S/C48H32N2OS/c1-4-14-35(15-5-1)49(39-28-29-45-42(32-39)40-20-10-12-22-44(40)51-45)38-26-24-33(25-27-38)34-30-43(48-41-21-11-13-23-46(41)52-47(48)31-34)50(36-16-6-2-7-17-36)37-18-8-3-9-19-37/h1-32H. The highest BCUT2D eigenvalue weighted by Gasteiger charge is 2.21. The lowest BCUT2D eigenvalue weighted by Gasteiger charge is -2.27. The van der Waals surface area contributed by atoms with Crippen LogP contribution < -0.4 is 9.80 Å². The number of hydrogen-bond acceptors (Lipinski definition) is 4. The quantitative estimate of drug-likeness (QED) is 0.167. The summed E-state index contributed by atoms with van der Waals surface area (Å²) >= 11 is 1.85. The molecule has 246 valence electrons. The van der Waals surface area contributed by atoms with Crippen molar-refractivity contribution in [3.63, 3.8) is 0 Å². The molecule has 2 heterocycles. The molecule has 0 aliphatic rings. The minimum absolute atomic E-state index is 0.890. The van der Waals surface area contributed by atoms with Crippen LogP contribution in [-0.2, 0) is 0 Å². The number of hydrogen-bond donors (Lipinski definition) is 0. The number of para-hydroxylation sites is 4. The summed E-state index contributed by atoms with van der Waals surface area (Å²) in [6, 6.07) is 69.1. The maximum Gasteiger partial charge on any atom is 0.135 e. The molecule has 0 spiro atoms. The number of rotatable bonds is 7. The van der Waals surface area contributed by atoms with Crippen LogP contribution in [0.3, 0.4) is 0 Å². The Kier molecular flexibility index (Phi) is 7.33. The van der Waals surface area contributed by atoms with E-state index in [1.807, 2.05) is 23.5 Å². The van der Waals surface area contributed by atoms with E-state index in [4.69, 9.17) is 4.42 Å². The molecule has 8 aromatic carbocycles. The van der Waals surface area contributed by atoms with Crippen molar-refractivity contribution in [2.24, 2.45) is 0 Å². The van der Waals surface area contributed by atoms with Gasteiger partial charge in [-0.15, -0.1) is 11.3 Å². The van der Waals surface area contributed by atoms with Gasteiger partial charge in [-0.2, -0.15) is 0 Å². The predicted molar refractivity (Wildman–Crippen MR) is 221 cm³/mol. The highest BCUT2D eigenvalue weighted by atomic mass is 32.1. The summed E-state index contributed by atoms with van der Waals surface area (Å²) in [6.45, 7) is 0. The van der Waals surface area contributed by atoms with Crippen LogP contribution in [0, 0.1) is 0 Å². The van der Waals surface area contributed by atoms with E-state index in [1.54, 1.807) is 0 Å². The Hall–Kier alpha value is -6.62. The second kappa shape index (κ2) is 12.6. The lowest BCUT2D eigenvalue weighted by molar-refractivity contribution is 0.669. The van der Waals surface area contributed by atoms with E-state index in [0.717, 1.165) is 61.6 Å². The Morgan fingerprint density at radius 2 is 0.885 bits per heavy atom. The highest BCUT2D eigenvalue weighted by Crippen LogP contribution is 2.47. The predicted octanol–water partition coefficient (Wildman–Crippen LogP) is 14.6. The van der Waals surface area contributed by atoms with Crippen LogP contribution in [0.2, 0.25) is 0 Å². The molecule has 0 aliphatic heterocycles. The van der Waals surface area contributed by atoms with E-state index in [0.29, 0.717) is 0 Å². The first-order valence-electron chi connectivity index (χ1n) is 17.5. The SMILES string of the molecule is c1ccc(N(c2ccc(-c3cc(N(c4ccccc4)c4ccccc4)c4c(c3)sc3ccccc34)cc2)c2ccc3oc4ccccc4c3c2)cc1. The molecule has 0 bridgehead atoms. The van der Waals surface area contributed by atoms with Gasteiger partial charge in [-0.05, 0) is 102 Å². The molecule has 0 amide bonds. The van der Waals surface area contributed by atoms with Crippen LogP contribution >= 0.6 is 11.3 Å². The maximum absolute atomic E-state index is 6.17. The van der Waals surface area contributed by atoms with Crippen molar-refractivity contribution in [2.45, 2.75) is 0 Å². The van der Waals surface area contributed by atoms with E-state index >= 15 is 0 Å². The van der Waals surface area contributed by atoms with E-state index < -0.39 is 0 Å². The lowest BCUT2D eigenvalue weighted by Crippen LogP contribution is -2.10. The Labute approximate surface area is 305 Å². The molecule has 10 aromatic rings. The zero-order chi connectivity index (χ0) is 34.4. The van der Waals surface area contributed by atoms with Crippen molar-refractivity contribution in [1.29, 1.82) is 0 Å². The number of furan rings is 1. The molecule has 0 saturated carbocycles. The first-order valence-corrected chi connectivity index (χ1v) is 18.3. The van der Waals surface area contributed by atoms with Gasteiger partial charge in [0.25, 0.3) is 0 Å². The molecular formula is C48H32N2OS. The minimum Gasteiger partial charge on any atom is -0.456 e. The first-order chi connectivity index (χ1) is 25.8. The van der Waals surface area contributed by atoms with Gasteiger partial charge in [-0.3, -0.25) is 0 Å². The maximum atomic E-state index is 6.17. The molecule has 0 atom stereocenters. The topological polar surface area (TPSA) is 19.6 Å². The number of benzene rings is 8. The van der Waals surface area contributed by atoms with Gasteiger partial charge in [0.2, 0.25) is 0 Å². The van der Waals surface area contributed by atoms with Gasteiger partial charge in [0.1, 0.15) is 11.2 Å². The molecule has 0 radical (unpaired) electrons. The second-order valence-electron chi connectivity index (χ2n) is 13.0. The van der Waals surface area contributed by atoms with Crippen molar-refractivity contribution >= 4 is 87.6 Å². The molecule has 10 rings (SSSR count). The summed E-state index contributed by atoms with van der Waals surface area (Å²) < 4.78 is 8.73. The minimum atomic E-state index is 0.890. The summed E-state index contributed by atoms with van der Waals surface area (Å²) in [4.78, 5) is 4.71. The summed E-state index contributed by atoms with van der Waals surface area (Å²) in [5.74, 6) is 0. The fourth-order valence-electron chi connectivity index (χ4n) is 7.44. The molecule has 2 aromatic heterocycles. The number of fused-ring (bicyclic) bond motifs is 6. The van der Waals surface area contributed by atoms with E-state index in [9.17, 15) is 0 Å². The molecule has 4 heteroatoms. The Balaban J connectivity index is 1.13. The normalized spacial score (nSPS) is 11.5. The number of nitrogens with zero attached hydrogens (tertiary/aromatic N) is 2. The Morgan fingerprint density at radius 1 is 0.346 bits per heavy atom. The highest BCUT2D eigenvalue weighted by molar-refractivity contribution is 7.26. The summed E-state index contributed by atoms with van der Waals surface area (Å²) in [6.07, 6.45) is 0. The summed E-state index contributed by atoms with van der Waals surface area (Å²) in [7, 11) is 0. The largest absolute Gasteiger partial charge is 0.456 e. The summed E-state index contributed by atoms with van der Waals surface area (Å²) in [5.41, 5.74) is 10.8. The zero-order valence-electron chi connectivity index (χ0n) is 28.2. The van der Waals surface area contributed by atoms with E-state index in [1.165, 1.54) is 25.7 Å². The molecule has 0 unspecified atom stereocenters.